The largest absolute Gasteiger partial charge is 0.361 e. The van der Waals surface area contributed by atoms with Crippen LogP contribution >= 0.6 is 0 Å². The summed E-state index contributed by atoms with van der Waals surface area (Å²) in [6.07, 6.45) is 3.23. The average Bonchev–Trinajstić information content (AvgIpc) is 3.16. The summed E-state index contributed by atoms with van der Waals surface area (Å²) in [5, 5.41) is 4.13. The Balaban J connectivity index is 1.64. The topological polar surface area (TPSA) is 81.0 Å². The van der Waals surface area contributed by atoms with Crippen LogP contribution in [-0.4, -0.2) is 27.9 Å². The monoisotopic (exact) mass is 396 g/mol. The molecule has 1 atom stereocenters. The summed E-state index contributed by atoms with van der Waals surface area (Å²) in [5.41, 5.74) is 1.48. The van der Waals surface area contributed by atoms with E-state index in [9.17, 15) is 18.4 Å². The third-order valence-corrected chi connectivity index (χ3v) is 5.13. The fourth-order valence-electron chi connectivity index (χ4n) is 3.34. The quantitative estimate of drug-likeness (QED) is 0.476. The summed E-state index contributed by atoms with van der Waals surface area (Å²) in [6.45, 7) is 1.74. The van der Waals surface area contributed by atoms with E-state index in [1.807, 2.05) is 24.4 Å². The molecule has 0 spiro atoms. The van der Waals surface area contributed by atoms with E-state index in [-0.39, 0.29) is 16.8 Å². The lowest BCUT2D eigenvalue weighted by Crippen LogP contribution is -2.34. The predicted molar refractivity (Wildman–Crippen MR) is 108 cm³/mol. The zero-order valence-electron chi connectivity index (χ0n) is 15.7. The molecule has 3 N–H and O–H groups in total. The number of carbonyl (C=O) groups is 1. The molecule has 2 heterocycles. The molecule has 148 valence electrons. The van der Waals surface area contributed by atoms with Gasteiger partial charge in [-0.15, -0.1) is 0 Å². The van der Waals surface area contributed by atoms with Crippen LogP contribution < -0.4 is 10.9 Å². The fraction of sp³-hybridized carbons (Fsp3) is 0.143. The molecule has 4 rings (SSSR count). The van der Waals surface area contributed by atoms with Gasteiger partial charge in [-0.3, -0.25) is 4.79 Å². The number of nitrogens with one attached hydrogen (secondary N) is 3. The second kappa shape index (κ2) is 7.05. The van der Waals surface area contributed by atoms with Gasteiger partial charge >= 0.3 is 6.03 Å². The molecule has 2 amide bonds. The van der Waals surface area contributed by atoms with Gasteiger partial charge in [0.2, 0.25) is 0 Å². The number of amides is 2. The van der Waals surface area contributed by atoms with Gasteiger partial charge in [-0.25, -0.2) is 13.6 Å². The van der Waals surface area contributed by atoms with E-state index < -0.39 is 23.2 Å². The Morgan fingerprint density at radius 1 is 1.07 bits per heavy atom. The number of carbonyl (C=O) groups excluding carboxylic acids is 1. The number of fused-ring (bicyclic) bond motifs is 2. The summed E-state index contributed by atoms with van der Waals surface area (Å²) in [6, 6.07) is 8.37. The van der Waals surface area contributed by atoms with Crippen molar-refractivity contribution in [2.75, 3.05) is 12.4 Å². The third-order valence-electron chi connectivity index (χ3n) is 5.13. The fourth-order valence-corrected chi connectivity index (χ4v) is 3.34. The van der Waals surface area contributed by atoms with Crippen molar-refractivity contribution < 1.29 is 13.6 Å². The van der Waals surface area contributed by atoms with Crippen LogP contribution in [0.2, 0.25) is 0 Å². The van der Waals surface area contributed by atoms with E-state index >= 15 is 0 Å². The second-order valence-corrected chi connectivity index (χ2v) is 6.88. The highest BCUT2D eigenvalue weighted by Gasteiger charge is 2.21. The molecule has 0 fully saturated rings. The highest BCUT2D eigenvalue weighted by atomic mass is 19.2. The van der Waals surface area contributed by atoms with E-state index in [4.69, 9.17) is 0 Å². The number of benzene rings is 2. The van der Waals surface area contributed by atoms with Crippen LogP contribution in [0.1, 0.15) is 18.5 Å². The van der Waals surface area contributed by atoms with Gasteiger partial charge in [-0.2, -0.15) is 0 Å². The maximum Gasteiger partial charge on any atom is 0.322 e. The lowest BCUT2D eigenvalue weighted by atomic mass is 10.0. The number of hydrogen-bond acceptors (Lipinski definition) is 2. The molecule has 2 aromatic carbocycles. The molecule has 0 saturated carbocycles. The van der Waals surface area contributed by atoms with Crippen LogP contribution in [0.5, 0.6) is 0 Å². The molecular weight excluding hydrogens is 378 g/mol. The Hall–Kier alpha value is -3.68. The number of nitrogens with zero attached hydrogens (tertiary/aromatic N) is 1. The molecule has 29 heavy (non-hydrogen) atoms. The van der Waals surface area contributed by atoms with Gasteiger partial charge in [0, 0.05) is 30.6 Å². The van der Waals surface area contributed by atoms with Gasteiger partial charge in [-0.05, 0) is 53.6 Å². The lowest BCUT2D eigenvalue weighted by Gasteiger charge is -2.26. The first kappa shape index (κ1) is 18.7. The Morgan fingerprint density at radius 2 is 1.79 bits per heavy atom. The van der Waals surface area contributed by atoms with Crippen LogP contribution in [0.3, 0.4) is 0 Å². The third kappa shape index (κ3) is 3.33. The molecule has 4 aromatic rings. The minimum atomic E-state index is -1.10. The van der Waals surface area contributed by atoms with Crippen molar-refractivity contribution in [2.24, 2.45) is 0 Å². The predicted octanol–water partition coefficient (Wildman–Crippen LogP) is 4.51. The van der Waals surface area contributed by atoms with Gasteiger partial charge in [0.15, 0.2) is 11.6 Å². The van der Waals surface area contributed by atoms with Crippen molar-refractivity contribution in [3.8, 4) is 0 Å². The highest BCUT2D eigenvalue weighted by Crippen LogP contribution is 2.27. The van der Waals surface area contributed by atoms with E-state index in [2.05, 4.69) is 15.3 Å². The summed E-state index contributed by atoms with van der Waals surface area (Å²) in [7, 11) is 1.59. The van der Waals surface area contributed by atoms with Gasteiger partial charge < -0.3 is 20.2 Å². The van der Waals surface area contributed by atoms with Crippen LogP contribution in [0.4, 0.5) is 19.3 Å². The van der Waals surface area contributed by atoms with Crippen molar-refractivity contribution in [2.45, 2.75) is 13.0 Å². The first-order valence-electron chi connectivity index (χ1n) is 8.96. The molecule has 1 unspecified atom stereocenters. The van der Waals surface area contributed by atoms with Crippen molar-refractivity contribution in [1.82, 2.24) is 14.9 Å². The Bertz CT molecular complexity index is 1300. The molecule has 8 heteroatoms. The van der Waals surface area contributed by atoms with E-state index in [1.165, 1.54) is 11.1 Å². The van der Waals surface area contributed by atoms with Gasteiger partial charge in [0.25, 0.3) is 5.56 Å². The Morgan fingerprint density at radius 3 is 2.55 bits per heavy atom. The van der Waals surface area contributed by atoms with E-state index in [0.717, 1.165) is 23.0 Å². The van der Waals surface area contributed by atoms with Crippen molar-refractivity contribution in [3.05, 3.63) is 76.3 Å². The molecule has 0 aliphatic carbocycles. The standard InChI is InChI=1S/C21H18F2N4O2/c1-11(16-10-25-20(28)15-9-18(23)17(22)8-14(15)16)27(2)21(29)26-13-4-3-12-5-6-24-19(12)7-13/h3-11,24H,1-2H3,(H,25,28)(H,26,29). The van der Waals surface area contributed by atoms with Crippen LogP contribution in [0.15, 0.2) is 53.6 Å². The summed E-state index contributed by atoms with van der Waals surface area (Å²) in [4.78, 5) is 31.8. The zero-order chi connectivity index (χ0) is 20.7. The molecular formula is C21H18F2N4O2. The SMILES string of the molecule is CC(c1c[nH]c(=O)c2cc(F)c(F)cc12)N(C)C(=O)Nc1ccc2cc[nH]c2c1. The number of H-pyrrole nitrogens is 2. The average molecular weight is 396 g/mol. The Kier molecular flexibility index (Phi) is 4.54. The first-order valence-corrected chi connectivity index (χ1v) is 8.96. The molecule has 0 aliphatic heterocycles. The summed E-state index contributed by atoms with van der Waals surface area (Å²) >= 11 is 0. The van der Waals surface area contributed by atoms with E-state index in [0.29, 0.717) is 11.3 Å². The molecule has 0 radical (unpaired) electrons. The van der Waals surface area contributed by atoms with Gasteiger partial charge in [-0.1, -0.05) is 6.07 Å². The maximum absolute atomic E-state index is 13.8. The van der Waals surface area contributed by atoms with Gasteiger partial charge in [0.05, 0.1) is 11.4 Å². The zero-order valence-corrected chi connectivity index (χ0v) is 15.7. The summed E-state index contributed by atoms with van der Waals surface area (Å²) < 4.78 is 27.4. The number of aromatic amines is 2. The second-order valence-electron chi connectivity index (χ2n) is 6.88. The minimum Gasteiger partial charge on any atom is -0.361 e. The summed E-state index contributed by atoms with van der Waals surface area (Å²) in [5.74, 6) is -2.15. The number of pyridine rings is 1. The molecule has 6 nitrogen and oxygen atoms in total. The number of aromatic nitrogens is 2. The van der Waals surface area contributed by atoms with Crippen LogP contribution in [0.25, 0.3) is 21.7 Å². The maximum atomic E-state index is 13.8. The smallest absolute Gasteiger partial charge is 0.322 e. The highest BCUT2D eigenvalue weighted by molar-refractivity contribution is 5.93. The number of anilines is 1. The van der Waals surface area contributed by atoms with Crippen LogP contribution in [0, 0.1) is 11.6 Å². The van der Waals surface area contributed by atoms with Crippen molar-refractivity contribution in [1.29, 1.82) is 0 Å². The van der Waals surface area contributed by atoms with E-state index in [1.54, 1.807) is 20.0 Å². The van der Waals surface area contributed by atoms with Crippen LogP contribution in [-0.2, 0) is 0 Å². The number of rotatable bonds is 3. The number of halogens is 2. The minimum absolute atomic E-state index is 0.0271. The number of urea groups is 1. The van der Waals surface area contributed by atoms with Gasteiger partial charge in [0.1, 0.15) is 0 Å². The lowest BCUT2D eigenvalue weighted by molar-refractivity contribution is 0.208. The normalized spacial score (nSPS) is 12.3. The molecule has 0 bridgehead atoms. The Labute approximate surface area is 164 Å². The molecule has 0 aliphatic rings. The molecule has 0 saturated heterocycles. The number of hydrogen-bond donors (Lipinski definition) is 3. The molecule has 2 aromatic heterocycles. The van der Waals surface area contributed by atoms with Crippen molar-refractivity contribution >= 4 is 33.4 Å². The van der Waals surface area contributed by atoms with Crippen molar-refractivity contribution in [3.63, 3.8) is 0 Å². The first-order chi connectivity index (χ1) is 13.8.